The highest BCUT2D eigenvalue weighted by molar-refractivity contribution is 8.02. The average Bonchev–Trinajstić information content (AvgIpc) is 2.77. The number of amides is 1. The Hall–Kier alpha value is -3.64. The van der Waals surface area contributed by atoms with E-state index in [0.29, 0.717) is 21.9 Å². The van der Waals surface area contributed by atoms with Gasteiger partial charge in [-0.15, -0.1) is 11.8 Å². The molecule has 1 amide bonds. The number of nitro benzene ring substituents is 1. The highest BCUT2D eigenvalue weighted by Gasteiger charge is 2.29. The normalized spacial score (nSPS) is 15.9. The molecule has 1 N–H and O–H groups in total. The number of nitrogens with zero attached hydrogens (tertiary/aromatic N) is 2. The van der Waals surface area contributed by atoms with Crippen LogP contribution < -0.4 is 5.32 Å². The summed E-state index contributed by atoms with van der Waals surface area (Å²) in [7, 11) is 1.30. The van der Waals surface area contributed by atoms with E-state index in [1.54, 1.807) is 36.4 Å². The van der Waals surface area contributed by atoms with Crippen molar-refractivity contribution in [1.29, 1.82) is 5.26 Å². The fourth-order valence-corrected chi connectivity index (χ4v) is 4.09. The van der Waals surface area contributed by atoms with Crippen molar-refractivity contribution in [3.63, 3.8) is 0 Å². The molecule has 1 aliphatic rings. The highest BCUT2D eigenvalue weighted by atomic mass is 32.2. The van der Waals surface area contributed by atoms with Crippen LogP contribution in [-0.2, 0) is 15.3 Å². The van der Waals surface area contributed by atoms with Crippen molar-refractivity contribution >= 4 is 29.3 Å². The van der Waals surface area contributed by atoms with Crippen LogP contribution in [0.1, 0.15) is 33.8 Å². The SMILES string of the molecule is COC(=O)c1ccc([C@H]2CC(=O)NC(SCc3ccc([N+](=O)[O-])cc3)=C2C#N)cc1. The van der Waals surface area contributed by atoms with E-state index in [4.69, 9.17) is 0 Å². The Balaban J connectivity index is 1.82. The van der Waals surface area contributed by atoms with Gasteiger partial charge in [0.05, 0.1) is 34.3 Å². The van der Waals surface area contributed by atoms with E-state index in [9.17, 15) is 25.0 Å². The first-order valence-corrected chi connectivity index (χ1v) is 9.90. The summed E-state index contributed by atoms with van der Waals surface area (Å²) < 4.78 is 4.69. The number of thioether (sulfide) groups is 1. The third-order valence-corrected chi connectivity index (χ3v) is 5.71. The molecule has 3 rings (SSSR count). The lowest BCUT2D eigenvalue weighted by molar-refractivity contribution is -0.384. The summed E-state index contributed by atoms with van der Waals surface area (Å²) in [5.74, 6) is -0.650. The van der Waals surface area contributed by atoms with Crippen LogP contribution in [0.5, 0.6) is 0 Å². The van der Waals surface area contributed by atoms with Crippen LogP contribution in [0.25, 0.3) is 0 Å². The number of esters is 1. The molecule has 30 heavy (non-hydrogen) atoms. The average molecular weight is 423 g/mol. The van der Waals surface area contributed by atoms with Crippen LogP contribution in [0.4, 0.5) is 5.69 Å². The van der Waals surface area contributed by atoms with Crippen molar-refractivity contribution < 1.29 is 19.2 Å². The first-order valence-electron chi connectivity index (χ1n) is 8.91. The van der Waals surface area contributed by atoms with Crippen molar-refractivity contribution in [3.8, 4) is 6.07 Å². The molecule has 1 atom stereocenters. The number of hydrogen-bond donors (Lipinski definition) is 1. The van der Waals surface area contributed by atoms with E-state index in [0.717, 1.165) is 11.1 Å². The maximum Gasteiger partial charge on any atom is 0.337 e. The lowest BCUT2D eigenvalue weighted by Crippen LogP contribution is -2.30. The summed E-state index contributed by atoms with van der Waals surface area (Å²) in [5, 5.41) is 23.7. The molecule has 2 aromatic rings. The van der Waals surface area contributed by atoms with E-state index in [2.05, 4.69) is 16.1 Å². The zero-order chi connectivity index (χ0) is 21.7. The number of carbonyl (C=O) groups excluding carboxylic acids is 2. The number of allylic oxidation sites excluding steroid dienone is 1. The number of rotatable bonds is 6. The minimum atomic E-state index is -0.468. The van der Waals surface area contributed by atoms with E-state index in [-0.39, 0.29) is 18.0 Å². The minimum Gasteiger partial charge on any atom is -0.465 e. The first-order chi connectivity index (χ1) is 14.4. The summed E-state index contributed by atoms with van der Waals surface area (Å²) in [5.41, 5.74) is 2.41. The molecule has 1 aliphatic heterocycles. The zero-order valence-electron chi connectivity index (χ0n) is 16.0. The first kappa shape index (κ1) is 21.1. The number of carbonyl (C=O) groups is 2. The smallest absolute Gasteiger partial charge is 0.337 e. The molecule has 0 radical (unpaired) electrons. The van der Waals surface area contributed by atoms with Crippen molar-refractivity contribution in [3.05, 3.63) is 85.9 Å². The van der Waals surface area contributed by atoms with Crippen LogP contribution in [0.3, 0.4) is 0 Å². The predicted molar refractivity (Wildman–Crippen MR) is 110 cm³/mol. The van der Waals surface area contributed by atoms with Gasteiger partial charge in [-0.3, -0.25) is 14.9 Å². The quantitative estimate of drug-likeness (QED) is 0.427. The molecular formula is C21H17N3O5S. The maximum absolute atomic E-state index is 12.3. The Morgan fingerprint density at radius 2 is 1.93 bits per heavy atom. The third kappa shape index (κ3) is 4.67. The Morgan fingerprint density at radius 1 is 1.27 bits per heavy atom. The highest BCUT2D eigenvalue weighted by Crippen LogP contribution is 2.37. The van der Waals surface area contributed by atoms with Gasteiger partial charge in [0.1, 0.15) is 0 Å². The molecular weight excluding hydrogens is 406 g/mol. The number of nitrogens with one attached hydrogen (secondary N) is 1. The number of hydrogen-bond acceptors (Lipinski definition) is 7. The largest absolute Gasteiger partial charge is 0.465 e. The second-order valence-corrected chi connectivity index (χ2v) is 7.47. The zero-order valence-corrected chi connectivity index (χ0v) is 16.8. The number of nitriles is 1. The topological polar surface area (TPSA) is 122 Å². The Kier molecular flexibility index (Phi) is 6.49. The number of ether oxygens (including phenoxy) is 1. The van der Waals surface area contributed by atoms with Gasteiger partial charge in [0.15, 0.2) is 0 Å². The van der Waals surface area contributed by atoms with Gasteiger partial charge in [-0.05, 0) is 23.3 Å². The molecule has 9 heteroatoms. The van der Waals surface area contributed by atoms with Crippen molar-refractivity contribution in [2.45, 2.75) is 18.1 Å². The van der Waals surface area contributed by atoms with Gasteiger partial charge in [0.2, 0.25) is 5.91 Å². The number of non-ortho nitro benzene ring substituents is 1. The van der Waals surface area contributed by atoms with Gasteiger partial charge >= 0.3 is 5.97 Å². The van der Waals surface area contributed by atoms with Crippen LogP contribution in [-0.4, -0.2) is 23.9 Å². The standard InChI is InChI=1S/C21H17N3O5S/c1-29-21(26)15-6-4-14(5-7-15)17-10-19(25)23-20(18(17)11-22)30-12-13-2-8-16(9-3-13)24(27)28/h2-9,17H,10,12H2,1H3,(H,23,25)/t17-/m1/s1. The fourth-order valence-electron chi connectivity index (χ4n) is 3.06. The molecule has 0 aromatic heterocycles. The van der Waals surface area contributed by atoms with Gasteiger partial charge in [0, 0.05) is 30.2 Å². The Labute approximate surface area is 176 Å². The van der Waals surface area contributed by atoms with E-state index >= 15 is 0 Å². The van der Waals surface area contributed by atoms with E-state index in [1.165, 1.54) is 31.0 Å². The number of methoxy groups -OCH3 is 1. The minimum absolute atomic E-state index is 0.00196. The van der Waals surface area contributed by atoms with E-state index < -0.39 is 16.8 Å². The molecule has 0 fully saturated rings. The monoisotopic (exact) mass is 423 g/mol. The van der Waals surface area contributed by atoms with Crippen LogP contribution in [0.15, 0.2) is 59.1 Å². The van der Waals surface area contributed by atoms with Gasteiger partial charge in [-0.2, -0.15) is 5.26 Å². The van der Waals surface area contributed by atoms with Gasteiger partial charge in [-0.1, -0.05) is 24.3 Å². The molecule has 1 heterocycles. The second-order valence-electron chi connectivity index (χ2n) is 6.49. The Bertz CT molecular complexity index is 1060. The molecule has 0 bridgehead atoms. The van der Waals surface area contributed by atoms with Crippen molar-refractivity contribution in [2.75, 3.05) is 7.11 Å². The van der Waals surface area contributed by atoms with E-state index in [1.807, 2.05) is 0 Å². The molecule has 0 saturated carbocycles. The molecule has 0 aliphatic carbocycles. The summed E-state index contributed by atoms with van der Waals surface area (Å²) in [4.78, 5) is 34.2. The molecule has 0 unspecified atom stereocenters. The molecule has 0 spiro atoms. The number of nitro groups is 1. The van der Waals surface area contributed by atoms with Crippen molar-refractivity contribution in [2.24, 2.45) is 0 Å². The van der Waals surface area contributed by atoms with Crippen molar-refractivity contribution in [1.82, 2.24) is 5.32 Å². The molecule has 0 saturated heterocycles. The lowest BCUT2D eigenvalue weighted by atomic mass is 9.87. The van der Waals surface area contributed by atoms with Gasteiger partial charge in [-0.25, -0.2) is 4.79 Å². The second kappa shape index (κ2) is 9.24. The lowest BCUT2D eigenvalue weighted by Gasteiger charge is -2.25. The predicted octanol–water partition coefficient (Wildman–Crippen LogP) is 3.65. The molecule has 8 nitrogen and oxygen atoms in total. The van der Waals surface area contributed by atoms with Crippen LogP contribution in [0.2, 0.25) is 0 Å². The molecule has 2 aromatic carbocycles. The summed E-state index contributed by atoms with van der Waals surface area (Å²) in [6.07, 6.45) is 0.127. The number of benzene rings is 2. The van der Waals surface area contributed by atoms with Crippen LogP contribution in [0, 0.1) is 21.4 Å². The third-order valence-electron chi connectivity index (χ3n) is 4.62. The summed E-state index contributed by atoms with van der Waals surface area (Å²) in [6.45, 7) is 0. The van der Waals surface area contributed by atoms with Crippen LogP contribution >= 0.6 is 11.8 Å². The maximum atomic E-state index is 12.3. The summed E-state index contributed by atoms with van der Waals surface area (Å²) >= 11 is 1.29. The van der Waals surface area contributed by atoms with Gasteiger partial charge < -0.3 is 10.1 Å². The Morgan fingerprint density at radius 3 is 2.50 bits per heavy atom. The fraction of sp³-hybridized carbons (Fsp3) is 0.190. The molecule has 152 valence electrons. The summed E-state index contributed by atoms with van der Waals surface area (Å²) in [6, 6.07) is 15.0. The van der Waals surface area contributed by atoms with Gasteiger partial charge in [0.25, 0.3) is 5.69 Å².